The molecule has 0 fully saturated rings. The largest absolute Gasteiger partial charge is 0.465 e. The molecule has 4 rings (SSSR count). The highest BCUT2D eigenvalue weighted by atomic mass is 19.1. The number of aliphatic hydroxyl groups excluding tert-OH is 1. The van der Waals surface area contributed by atoms with Crippen molar-refractivity contribution in [1.82, 2.24) is 19.8 Å². The van der Waals surface area contributed by atoms with Gasteiger partial charge in [0, 0.05) is 31.4 Å². The number of nitrogens with zero attached hydrogens (tertiary/aromatic N) is 3. The van der Waals surface area contributed by atoms with Crippen LogP contribution in [0.15, 0.2) is 85.1 Å². The van der Waals surface area contributed by atoms with Crippen molar-refractivity contribution in [2.24, 2.45) is 5.41 Å². The first kappa shape index (κ1) is 29.9. The predicted molar refractivity (Wildman–Crippen MR) is 154 cm³/mol. The molecule has 216 valence electrons. The first-order valence-corrected chi connectivity index (χ1v) is 13.5. The number of imidazole rings is 1. The molecule has 9 heteroatoms. The first-order chi connectivity index (χ1) is 19.5. The van der Waals surface area contributed by atoms with Gasteiger partial charge in [-0.15, -0.1) is 0 Å². The van der Waals surface area contributed by atoms with Crippen LogP contribution in [0.4, 0.5) is 13.6 Å². The Kier molecular flexibility index (Phi) is 9.52. The van der Waals surface area contributed by atoms with Crippen LogP contribution in [0.25, 0.3) is 11.3 Å². The van der Waals surface area contributed by atoms with Crippen molar-refractivity contribution in [3.05, 3.63) is 114 Å². The summed E-state index contributed by atoms with van der Waals surface area (Å²) in [6, 6.07) is 21.8. The van der Waals surface area contributed by atoms with Gasteiger partial charge >= 0.3 is 6.09 Å². The zero-order valence-electron chi connectivity index (χ0n) is 23.5. The molecule has 0 spiro atoms. The Balaban J connectivity index is 1.60. The summed E-state index contributed by atoms with van der Waals surface area (Å²) in [5.41, 5.74) is 1.77. The summed E-state index contributed by atoms with van der Waals surface area (Å²) in [5, 5.41) is 24.0. The second-order valence-electron chi connectivity index (χ2n) is 11.2. The summed E-state index contributed by atoms with van der Waals surface area (Å²) in [6.07, 6.45) is -0.416. The lowest BCUT2D eigenvalue weighted by atomic mass is 9.86. The molecule has 1 heterocycles. The van der Waals surface area contributed by atoms with Crippen molar-refractivity contribution >= 4 is 6.09 Å². The molecule has 0 aliphatic rings. The maximum absolute atomic E-state index is 14.7. The number of carboxylic acid groups (broad SMARTS) is 1. The molecule has 41 heavy (non-hydrogen) atoms. The number of carbonyl (C=O) groups is 1. The zero-order valence-corrected chi connectivity index (χ0v) is 23.5. The van der Waals surface area contributed by atoms with Gasteiger partial charge in [-0.2, -0.15) is 0 Å². The van der Waals surface area contributed by atoms with Crippen LogP contribution in [0.5, 0.6) is 0 Å². The molecule has 2 atom stereocenters. The van der Waals surface area contributed by atoms with Gasteiger partial charge in [0.25, 0.3) is 0 Å². The average molecular weight is 563 g/mol. The van der Waals surface area contributed by atoms with Crippen molar-refractivity contribution < 1.29 is 23.8 Å². The van der Waals surface area contributed by atoms with Crippen LogP contribution in [0.3, 0.4) is 0 Å². The minimum Gasteiger partial charge on any atom is -0.465 e. The molecule has 4 aromatic rings. The molecular formula is C32H36F2N4O3. The lowest BCUT2D eigenvalue weighted by Crippen LogP contribution is -2.44. The molecule has 1 amide bonds. The van der Waals surface area contributed by atoms with Gasteiger partial charge in [0.05, 0.1) is 24.4 Å². The summed E-state index contributed by atoms with van der Waals surface area (Å²) >= 11 is 0. The summed E-state index contributed by atoms with van der Waals surface area (Å²) in [4.78, 5) is 17.8. The number of benzene rings is 3. The third kappa shape index (κ3) is 7.99. The molecule has 0 aliphatic carbocycles. The third-order valence-corrected chi connectivity index (χ3v) is 6.81. The Hall–Kier alpha value is -4.08. The summed E-state index contributed by atoms with van der Waals surface area (Å²) in [5.74, 6) is -0.551. The highest BCUT2D eigenvalue weighted by Crippen LogP contribution is 2.35. The molecule has 0 radical (unpaired) electrons. The number of hydrogen-bond acceptors (Lipinski definition) is 4. The highest BCUT2D eigenvalue weighted by molar-refractivity contribution is 5.65. The van der Waals surface area contributed by atoms with Crippen LogP contribution in [0.1, 0.15) is 43.8 Å². The maximum Gasteiger partial charge on any atom is 0.407 e. The Morgan fingerprint density at radius 2 is 1.63 bits per heavy atom. The van der Waals surface area contributed by atoms with Crippen LogP contribution in [0.2, 0.25) is 0 Å². The minimum atomic E-state index is -1.12. The summed E-state index contributed by atoms with van der Waals surface area (Å²) in [7, 11) is 0. The van der Waals surface area contributed by atoms with Gasteiger partial charge in [-0.05, 0) is 34.7 Å². The van der Waals surface area contributed by atoms with Gasteiger partial charge in [0.2, 0.25) is 0 Å². The molecule has 7 nitrogen and oxygen atoms in total. The Morgan fingerprint density at radius 3 is 2.24 bits per heavy atom. The zero-order chi connectivity index (χ0) is 29.6. The number of rotatable bonds is 11. The van der Waals surface area contributed by atoms with E-state index >= 15 is 0 Å². The lowest BCUT2D eigenvalue weighted by Gasteiger charge is -2.33. The second kappa shape index (κ2) is 13.1. The molecule has 0 saturated carbocycles. The molecule has 3 N–H and O–H groups in total. The van der Waals surface area contributed by atoms with Gasteiger partial charge in [0.15, 0.2) is 0 Å². The number of aliphatic hydroxyl groups is 1. The van der Waals surface area contributed by atoms with Crippen LogP contribution < -0.4 is 5.32 Å². The number of nitrogens with one attached hydrogen (secondary N) is 1. The van der Waals surface area contributed by atoms with Gasteiger partial charge in [-0.25, -0.2) is 18.6 Å². The molecule has 1 aromatic heterocycles. The Bertz CT molecular complexity index is 1440. The van der Waals surface area contributed by atoms with E-state index < -0.39 is 35.3 Å². The molecule has 3 aromatic carbocycles. The van der Waals surface area contributed by atoms with Crippen LogP contribution >= 0.6 is 0 Å². The van der Waals surface area contributed by atoms with Crippen molar-refractivity contribution in [2.75, 3.05) is 13.1 Å². The van der Waals surface area contributed by atoms with E-state index in [1.54, 1.807) is 6.20 Å². The maximum atomic E-state index is 14.7. The normalized spacial score (nSPS) is 13.1. The summed E-state index contributed by atoms with van der Waals surface area (Å²) in [6.45, 7) is 6.63. The van der Waals surface area contributed by atoms with E-state index in [9.17, 15) is 23.8 Å². The Labute approximate surface area is 239 Å². The number of halogens is 2. The molecule has 0 saturated heterocycles. The SMILES string of the molecule is CC(C)(C)[C@@H](NC[C@H](O)CN(Cc1ccccc1)C(=O)O)c1nc(-c2cc(F)ccc2F)cn1Cc1ccccc1. The third-order valence-electron chi connectivity index (χ3n) is 6.81. The molecule has 0 unspecified atom stereocenters. The van der Waals surface area contributed by atoms with Crippen molar-refractivity contribution in [1.29, 1.82) is 0 Å². The fourth-order valence-corrected chi connectivity index (χ4v) is 4.76. The number of amides is 1. The van der Waals surface area contributed by atoms with E-state index in [0.29, 0.717) is 18.1 Å². The Morgan fingerprint density at radius 1 is 1.00 bits per heavy atom. The predicted octanol–water partition coefficient (Wildman–Crippen LogP) is 6.09. The first-order valence-electron chi connectivity index (χ1n) is 13.5. The van der Waals surface area contributed by atoms with Crippen LogP contribution in [0, 0.1) is 17.0 Å². The van der Waals surface area contributed by atoms with Gasteiger partial charge < -0.3 is 25.0 Å². The smallest absolute Gasteiger partial charge is 0.407 e. The second-order valence-corrected chi connectivity index (χ2v) is 11.2. The minimum absolute atomic E-state index is 0.0590. The average Bonchev–Trinajstić information content (AvgIpc) is 3.32. The molecule has 0 bridgehead atoms. The van der Waals surface area contributed by atoms with Gasteiger partial charge in [-0.3, -0.25) is 0 Å². The lowest BCUT2D eigenvalue weighted by molar-refractivity contribution is 0.0871. The van der Waals surface area contributed by atoms with E-state index in [0.717, 1.165) is 29.3 Å². The monoisotopic (exact) mass is 562 g/mol. The van der Waals surface area contributed by atoms with E-state index in [1.165, 1.54) is 4.90 Å². The summed E-state index contributed by atoms with van der Waals surface area (Å²) < 4.78 is 30.7. The topological polar surface area (TPSA) is 90.6 Å². The molecular weight excluding hydrogens is 526 g/mol. The van der Waals surface area contributed by atoms with E-state index in [1.807, 2.05) is 86.0 Å². The fraction of sp³-hybridized carbons (Fsp3) is 0.312. The number of hydrogen-bond donors (Lipinski definition) is 3. The fourth-order valence-electron chi connectivity index (χ4n) is 4.76. The standard InChI is InChI=1S/C32H36F2N4O3/c1-32(2,3)29(35-17-25(39)20-38(31(40)41)19-23-12-8-5-9-13-23)30-36-28(26-16-24(33)14-15-27(26)34)21-37(30)18-22-10-6-4-7-11-22/h4-16,21,25,29,35,39H,17-20H2,1-3H3,(H,40,41)/t25-,29-/m0/s1. The van der Waals surface area contributed by atoms with E-state index in [4.69, 9.17) is 4.98 Å². The highest BCUT2D eigenvalue weighted by Gasteiger charge is 2.32. The van der Waals surface area contributed by atoms with E-state index in [-0.39, 0.29) is 25.2 Å². The van der Waals surface area contributed by atoms with Crippen molar-refractivity contribution in [3.63, 3.8) is 0 Å². The van der Waals surface area contributed by atoms with Crippen LogP contribution in [-0.4, -0.2) is 50.0 Å². The van der Waals surface area contributed by atoms with Crippen molar-refractivity contribution in [3.8, 4) is 11.3 Å². The van der Waals surface area contributed by atoms with Gasteiger partial charge in [0.1, 0.15) is 17.5 Å². The number of aromatic nitrogens is 2. The quantitative estimate of drug-likeness (QED) is 0.206. The van der Waals surface area contributed by atoms with Crippen molar-refractivity contribution in [2.45, 2.75) is 46.0 Å². The van der Waals surface area contributed by atoms with E-state index in [2.05, 4.69) is 5.32 Å². The van der Waals surface area contributed by atoms with Gasteiger partial charge in [-0.1, -0.05) is 81.4 Å². The van der Waals surface area contributed by atoms with Crippen LogP contribution in [-0.2, 0) is 13.1 Å². The molecule has 0 aliphatic heterocycles.